The maximum absolute atomic E-state index is 13.4. The van der Waals surface area contributed by atoms with Gasteiger partial charge in [0.15, 0.2) is 0 Å². The summed E-state index contributed by atoms with van der Waals surface area (Å²) in [6.07, 6.45) is 11.5. The fourth-order valence-electron chi connectivity index (χ4n) is 6.42. The standard InChI is InChI=1S/C19H23N5OS/c25-18(21-17-12-5-10-4-11(7-12)8-13(17)6-10)16-14-2-1-3-15(14)26-19(16)24-9-20-22-23-24/h9-13,17H,1-8H2,(H,21,25). The van der Waals surface area contributed by atoms with Crippen molar-refractivity contribution in [3.05, 3.63) is 22.3 Å². The first kappa shape index (κ1) is 15.3. The molecular formula is C19H23N5OS. The molecule has 2 aromatic heterocycles. The smallest absolute Gasteiger partial charge is 0.254 e. The lowest BCUT2D eigenvalue weighted by atomic mass is 9.54. The van der Waals surface area contributed by atoms with Gasteiger partial charge in [0.1, 0.15) is 11.3 Å². The van der Waals surface area contributed by atoms with Crippen LogP contribution < -0.4 is 5.32 Å². The lowest BCUT2D eigenvalue weighted by molar-refractivity contribution is -0.0119. The van der Waals surface area contributed by atoms with Crippen molar-refractivity contribution in [2.45, 2.75) is 57.4 Å². The molecule has 1 N–H and O–H groups in total. The number of nitrogens with one attached hydrogen (secondary N) is 1. The first-order valence-electron chi connectivity index (χ1n) is 9.95. The van der Waals surface area contributed by atoms with Crippen molar-refractivity contribution in [3.8, 4) is 5.00 Å². The van der Waals surface area contributed by atoms with Crippen molar-refractivity contribution in [1.29, 1.82) is 0 Å². The average Bonchev–Trinajstić information content (AvgIpc) is 3.32. The molecule has 7 rings (SSSR count). The minimum atomic E-state index is 0.104. The predicted octanol–water partition coefficient (Wildman–Crippen LogP) is 2.77. The molecule has 136 valence electrons. The maximum Gasteiger partial charge on any atom is 0.254 e. The molecule has 2 aromatic rings. The molecule has 0 atom stereocenters. The van der Waals surface area contributed by atoms with E-state index < -0.39 is 0 Å². The number of amides is 1. The zero-order valence-corrected chi connectivity index (χ0v) is 15.5. The number of aryl methyl sites for hydroxylation is 1. The second kappa shape index (κ2) is 5.62. The van der Waals surface area contributed by atoms with Crippen molar-refractivity contribution in [2.24, 2.45) is 23.7 Å². The second-order valence-electron chi connectivity index (χ2n) is 8.72. The minimum absolute atomic E-state index is 0.104. The van der Waals surface area contributed by atoms with E-state index in [2.05, 4.69) is 20.8 Å². The summed E-state index contributed by atoms with van der Waals surface area (Å²) < 4.78 is 1.66. The van der Waals surface area contributed by atoms with Gasteiger partial charge in [-0.1, -0.05) is 0 Å². The highest BCUT2D eigenvalue weighted by molar-refractivity contribution is 7.15. The van der Waals surface area contributed by atoms with Gasteiger partial charge in [0, 0.05) is 10.9 Å². The fourth-order valence-corrected chi connectivity index (χ4v) is 7.73. The Morgan fingerprint density at radius 1 is 1.12 bits per heavy atom. The number of tetrazole rings is 1. The average molecular weight is 369 g/mol. The molecule has 0 unspecified atom stereocenters. The number of nitrogens with zero attached hydrogens (tertiary/aromatic N) is 4. The van der Waals surface area contributed by atoms with Gasteiger partial charge in [0.25, 0.3) is 5.91 Å². The molecule has 7 heteroatoms. The Kier molecular flexibility index (Phi) is 3.31. The van der Waals surface area contributed by atoms with Crippen LogP contribution in [0.5, 0.6) is 0 Å². The van der Waals surface area contributed by atoms with Gasteiger partial charge in [-0.05, 0) is 91.0 Å². The first-order valence-corrected chi connectivity index (χ1v) is 10.8. The van der Waals surface area contributed by atoms with Gasteiger partial charge in [-0.2, -0.15) is 4.68 Å². The summed E-state index contributed by atoms with van der Waals surface area (Å²) in [5, 5.41) is 15.9. The van der Waals surface area contributed by atoms with Gasteiger partial charge in [0.2, 0.25) is 0 Å². The number of fused-ring (bicyclic) bond motifs is 1. The Hall–Kier alpha value is -1.76. The molecule has 6 nitrogen and oxygen atoms in total. The van der Waals surface area contributed by atoms with Gasteiger partial charge in [0.05, 0.1) is 5.56 Å². The zero-order chi connectivity index (χ0) is 17.3. The summed E-state index contributed by atoms with van der Waals surface area (Å²) in [6.45, 7) is 0. The van der Waals surface area contributed by atoms with Gasteiger partial charge in [-0.15, -0.1) is 16.4 Å². The fraction of sp³-hybridized carbons (Fsp3) is 0.684. The highest BCUT2D eigenvalue weighted by atomic mass is 32.1. The summed E-state index contributed by atoms with van der Waals surface area (Å²) in [5.41, 5.74) is 2.07. The molecule has 4 saturated carbocycles. The molecule has 0 radical (unpaired) electrons. The summed E-state index contributed by atoms with van der Waals surface area (Å²) >= 11 is 1.69. The SMILES string of the molecule is O=C(NC1C2CC3CC(C2)CC1C3)c1c(-n2cnnn2)sc2c1CCC2. The summed E-state index contributed by atoms with van der Waals surface area (Å²) in [7, 11) is 0. The van der Waals surface area contributed by atoms with E-state index in [0.29, 0.717) is 17.9 Å². The Morgan fingerprint density at radius 3 is 2.58 bits per heavy atom. The number of rotatable bonds is 3. The third kappa shape index (κ3) is 2.22. The van der Waals surface area contributed by atoms with E-state index in [9.17, 15) is 4.79 Å². The second-order valence-corrected chi connectivity index (χ2v) is 9.81. The lowest BCUT2D eigenvalue weighted by Crippen LogP contribution is -2.55. The van der Waals surface area contributed by atoms with Crippen molar-refractivity contribution >= 4 is 17.2 Å². The monoisotopic (exact) mass is 369 g/mol. The minimum Gasteiger partial charge on any atom is -0.349 e. The van der Waals surface area contributed by atoms with E-state index in [1.165, 1.54) is 42.5 Å². The van der Waals surface area contributed by atoms with Crippen LogP contribution >= 0.6 is 11.3 Å². The van der Waals surface area contributed by atoms with Crippen molar-refractivity contribution in [2.75, 3.05) is 0 Å². The molecule has 4 bridgehead atoms. The third-order valence-corrected chi connectivity index (χ3v) is 8.49. The molecule has 5 aliphatic carbocycles. The Labute approximate surface area is 156 Å². The van der Waals surface area contributed by atoms with Crippen LogP contribution in [0.2, 0.25) is 0 Å². The largest absolute Gasteiger partial charge is 0.349 e. The highest BCUT2D eigenvalue weighted by Gasteiger charge is 2.49. The number of carbonyl (C=O) groups excluding carboxylic acids is 1. The van der Waals surface area contributed by atoms with E-state index in [1.807, 2.05) is 0 Å². The molecule has 26 heavy (non-hydrogen) atoms. The Bertz CT molecular complexity index is 830. The molecule has 1 amide bonds. The van der Waals surface area contributed by atoms with Crippen LogP contribution in [-0.4, -0.2) is 32.2 Å². The number of thiophene rings is 1. The third-order valence-electron chi connectivity index (χ3n) is 7.21. The normalized spacial score (nSPS) is 34.2. The Morgan fingerprint density at radius 2 is 1.88 bits per heavy atom. The van der Waals surface area contributed by atoms with Crippen LogP contribution in [0.25, 0.3) is 5.00 Å². The van der Waals surface area contributed by atoms with E-state index in [4.69, 9.17) is 0 Å². The molecule has 0 saturated heterocycles. The van der Waals surface area contributed by atoms with Crippen LogP contribution in [0, 0.1) is 23.7 Å². The highest BCUT2D eigenvalue weighted by Crippen LogP contribution is 2.53. The molecular weight excluding hydrogens is 346 g/mol. The zero-order valence-electron chi connectivity index (χ0n) is 14.7. The first-order chi connectivity index (χ1) is 12.8. The molecule has 0 aromatic carbocycles. The summed E-state index contributed by atoms with van der Waals surface area (Å²) in [5.74, 6) is 3.34. The lowest BCUT2D eigenvalue weighted by Gasteiger charge is -2.54. The van der Waals surface area contributed by atoms with Crippen molar-refractivity contribution in [1.82, 2.24) is 25.5 Å². The van der Waals surface area contributed by atoms with Gasteiger partial charge in [-0.25, -0.2) is 0 Å². The van der Waals surface area contributed by atoms with E-state index in [-0.39, 0.29) is 5.91 Å². The van der Waals surface area contributed by atoms with Gasteiger partial charge >= 0.3 is 0 Å². The van der Waals surface area contributed by atoms with Crippen molar-refractivity contribution < 1.29 is 4.79 Å². The summed E-state index contributed by atoms with van der Waals surface area (Å²) in [6, 6.07) is 0.369. The molecule has 2 heterocycles. The van der Waals surface area contributed by atoms with Gasteiger partial charge in [-0.3, -0.25) is 4.79 Å². The number of hydrogen-bond donors (Lipinski definition) is 1. The van der Waals surface area contributed by atoms with Gasteiger partial charge < -0.3 is 5.32 Å². The van der Waals surface area contributed by atoms with Crippen molar-refractivity contribution in [3.63, 3.8) is 0 Å². The van der Waals surface area contributed by atoms with E-state index in [0.717, 1.165) is 41.7 Å². The molecule has 4 fully saturated rings. The Balaban J connectivity index is 1.33. The molecule has 0 aliphatic heterocycles. The topological polar surface area (TPSA) is 72.7 Å². The maximum atomic E-state index is 13.4. The number of aromatic nitrogens is 4. The number of hydrogen-bond acceptors (Lipinski definition) is 5. The van der Waals surface area contributed by atoms with Crippen LogP contribution in [0.3, 0.4) is 0 Å². The van der Waals surface area contributed by atoms with E-state index >= 15 is 0 Å². The van der Waals surface area contributed by atoms with Crippen LogP contribution in [0.4, 0.5) is 0 Å². The number of carbonyl (C=O) groups is 1. The van der Waals surface area contributed by atoms with E-state index in [1.54, 1.807) is 22.3 Å². The molecule has 0 spiro atoms. The predicted molar refractivity (Wildman–Crippen MR) is 97.4 cm³/mol. The van der Waals surface area contributed by atoms with Crippen LogP contribution in [0.1, 0.15) is 59.3 Å². The van der Waals surface area contributed by atoms with Crippen LogP contribution in [-0.2, 0) is 12.8 Å². The quantitative estimate of drug-likeness (QED) is 0.903. The summed E-state index contributed by atoms with van der Waals surface area (Å²) in [4.78, 5) is 14.7. The van der Waals surface area contributed by atoms with Crippen LogP contribution in [0.15, 0.2) is 6.33 Å². The molecule has 5 aliphatic rings.